The lowest BCUT2D eigenvalue weighted by atomic mass is 9.97. The van der Waals surface area contributed by atoms with Gasteiger partial charge in [-0.25, -0.2) is 4.99 Å². The smallest absolute Gasteiger partial charge is 0.129 e. The molecule has 0 saturated heterocycles. The van der Waals surface area contributed by atoms with E-state index in [0.717, 1.165) is 29.1 Å². The third kappa shape index (κ3) is 4.44. The van der Waals surface area contributed by atoms with Crippen molar-refractivity contribution >= 4 is 59.2 Å². The first-order valence-corrected chi connectivity index (χ1v) is 16.4. The first-order chi connectivity index (χ1) is 22.7. The van der Waals surface area contributed by atoms with Crippen LogP contribution in [0.2, 0.25) is 0 Å². The van der Waals surface area contributed by atoms with Crippen LogP contribution in [-0.2, 0) is 0 Å². The molecule has 3 heterocycles. The largest absolute Gasteiger partial charge is 0.354 e. The number of hydrogen-bond donors (Lipinski definition) is 2. The maximum Gasteiger partial charge on any atom is 0.129 e. The summed E-state index contributed by atoms with van der Waals surface area (Å²) in [6.45, 7) is 0. The van der Waals surface area contributed by atoms with Gasteiger partial charge in [0.05, 0.1) is 22.7 Å². The van der Waals surface area contributed by atoms with E-state index in [1.807, 2.05) is 35.6 Å². The van der Waals surface area contributed by atoms with Crippen LogP contribution in [0.3, 0.4) is 0 Å². The van der Waals surface area contributed by atoms with Gasteiger partial charge in [0.15, 0.2) is 0 Å². The molecule has 1 aliphatic carbocycles. The van der Waals surface area contributed by atoms with Crippen molar-refractivity contribution in [2.75, 3.05) is 0 Å². The number of aromatic nitrogens is 1. The number of nitriles is 1. The van der Waals surface area contributed by atoms with E-state index in [9.17, 15) is 5.26 Å². The van der Waals surface area contributed by atoms with Crippen LogP contribution in [0.25, 0.3) is 47.7 Å². The number of nitrogens with zero attached hydrogens (tertiary/aromatic N) is 3. The summed E-state index contributed by atoms with van der Waals surface area (Å²) >= 11 is 1.86. The van der Waals surface area contributed by atoms with Crippen molar-refractivity contribution in [1.82, 2.24) is 15.2 Å². The number of fused-ring (bicyclic) bond motifs is 6. The van der Waals surface area contributed by atoms with Gasteiger partial charge in [0.25, 0.3) is 0 Å². The molecule has 1 aliphatic heterocycles. The highest BCUT2D eigenvalue weighted by Gasteiger charge is 2.28. The predicted octanol–water partition coefficient (Wildman–Crippen LogP) is 9.44. The van der Waals surface area contributed by atoms with Crippen LogP contribution < -0.4 is 10.6 Å². The molecule has 5 nitrogen and oxygen atoms in total. The summed E-state index contributed by atoms with van der Waals surface area (Å²) in [6, 6.07) is 41.0. The fourth-order valence-corrected chi connectivity index (χ4v) is 8.05. The minimum absolute atomic E-state index is 0.135. The third-order valence-corrected chi connectivity index (χ3v) is 10.4. The van der Waals surface area contributed by atoms with Crippen molar-refractivity contribution in [3.63, 3.8) is 0 Å². The van der Waals surface area contributed by atoms with Crippen LogP contribution in [0.5, 0.6) is 0 Å². The molecule has 0 amide bonds. The van der Waals surface area contributed by atoms with Gasteiger partial charge in [0, 0.05) is 42.6 Å². The second-order valence-electron chi connectivity index (χ2n) is 12.0. The number of amidine groups is 1. The molecule has 0 spiro atoms. The van der Waals surface area contributed by atoms with Gasteiger partial charge in [-0.1, -0.05) is 85.0 Å². The molecular formula is C40H29N5S. The van der Waals surface area contributed by atoms with Crippen LogP contribution in [0, 0.1) is 17.2 Å². The summed E-state index contributed by atoms with van der Waals surface area (Å²) in [7, 11) is 0. The van der Waals surface area contributed by atoms with Crippen molar-refractivity contribution in [1.29, 1.82) is 5.26 Å². The molecule has 0 saturated carbocycles. The van der Waals surface area contributed by atoms with Crippen molar-refractivity contribution in [2.24, 2.45) is 10.9 Å². The SMILES string of the molecule is N#Cc1ccc(C2NC(C3C=CC=CC3)=NC(c3ccc(-n4c5ccccc5c5cc6sc7ccccc7c6cc54)cc3)N2)cc1. The minimum atomic E-state index is -0.222. The van der Waals surface area contributed by atoms with Crippen molar-refractivity contribution in [2.45, 2.75) is 18.8 Å². The van der Waals surface area contributed by atoms with Gasteiger partial charge in [0.1, 0.15) is 18.2 Å². The van der Waals surface area contributed by atoms with Crippen LogP contribution in [-0.4, -0.2) is 10.4 Å². The Morgan fingerprint density at radius 2 is 1.52 bits per heavy atom. The lowest BCUT2D eigenvalue weighted by molar-refractivity contribution is 0.399. The third-order valence-electron chi connectivity index (χ3n) is 9.23. The highest BCUT2D eigenvalue weighted by molar-refractivity contribution is 7.25. The molecule has 0 radical (unpaired) electrons. The molecule has 0 bridgehead atoms. The summed E-state index contributed by atoms with van der Waals surface area (Å²) < 4.78 is 5.03. The Morgan fingerprint density at radius 1 is 0.739 bits per heavy atom. The van der Waals surface area contributed by atoms with Crippen LogP contribution in [0.15, 0.2) is 138 Å². The molecule has 2 N–H and O–H groups in total. The van der Waals surface area contributed by atoms with Crippen molar-refractivity contribution < 1.29 is 0 Å². The first-order valence-electron chi connectivity index (χ1n) is 15.6. The fourth-order valence-electron chi connectivity index (χ4n) is 6.92. The second kappa shape index (κ2) is 10.8. The zero-order valence-corrected chi connectivity index (χ0v) is 25.7. The van der Waals surface area contributed by atoms with E-state index in [2.05, 4.69) is 131 Å². The number of nitrogens with one attached hydrogen (secondary N) is 2. The molecule has 2 aromatic heterocycles. The Bertz CT molecular complexity index is 2420. The number of benzene rings is 5. The molecule has 6 heteroatoms. The monoisotopic (exact) mass is 611 g/mol. The maximum absolute atomic E-state index is 9.31. The molecule has 3 unspecified atom stereocenters. The number of allylic oxidation sites excluding steroid dienone is 3. The zero-order valence-electron chi connectivity index (χ0n) is 24.9. The summed E-state index contributed by atoms with van der Waals surface area (Å²) in [5, 5.41) is 21.8. The number of aliphatic imine (C=N–C) groups is 1. The van der Waals surface area contributed by atoms with E-state index in [4.69, 9.17) is 4.99 Å². The van der Waals surface area contributed by atoms with Crippen LogP contribution in [0.1, 0.15) is 35.4 Å². The number of rotatable bonds is 4. The Hall–Kier alpha value is -5.48. The molecule has 7 aromatic rings. The normalized spacial score (nSPS) is 19.5. The minimum Gasteiger partial charge on any atom is -0.354 e. The second-order valence-corrected chi connectivity index (χ2v) is 13.0. The van der Waals surface area contributed by atoms with Gasteiger partial charge in [-0.05, 0) is 66.1 Å². The van der Waals surface area contributed by atoms with E-state index < -0.39 is 0 Å². The van der Waals surface area contributed by atoms with E-state index in [1.165, 1.54) is 42.0 Å². The molecule has 46 heavy (non-hydrogen) atoms. The predicted molar refractivity (Wildman–Crippen MR) is 190 cm³/mol. The molecule has 9 rings (SSSR count). The number of para-hydroxylation sites is 1. The average molecular weight is 612 g/mol. The van der Waals surface area contributed by atoms with E-state index in [1.54, 1.807) is 0 Å². The van der Waals surface area contributed by atoms with Gasteiger partial charge in [-0.15, -0.1) is 11.3 Å². The maximum atomic E-state index is 9.31. The molecule has 2 aliphatic rings. The van der Waals surface area contributed by atoms with E-state index in [0.29, 0.717) is 5.56 Å². The zero-order chi connectivity index (χ0) is 30.6. The van der Waals surface area contributed by atoms with Gasteiger partial charge < -0.3 is 9.88 Å². The van der Waals surface area contributed by atoms with Crippen molar-refractivity contribution in [3.05, 3.63) is 150 Å². The van der Waals surface area contributed by atoms with Crippen LogP contribution >= 0.6 is 11.3 Å². The Labute approximate surface area is 270 Å². The Kier molecular flexibility index (Phi) is 6.34. The highest BCUT2D eigenvalue weighted by atomic mass is 32.1. The summed E-state index contributed by atoms with van der Waals surface area (Å²) in [5.41, 5.74) is 6.35. The van der Waals surface area contributed by atoms with Gasteiger partial charge in [-0.2, -0.15) is 5.26 Å². The Morgan fingerprint density at radius 3 is 2.33 bits per heavy atom. The summed E-state index contributed by atoms with van der Waals surface area (Å²) in [6.07, 6.45) is 9.14. The van der Waals surface area contributed by atoms with Gasteiger partial charge >= 0.3 is 0 Å². The Balaban J connectivity index is 1.13. The van der Waals surface area contributed by atoms with Crippen molar-refractivity contribution in [3.8, 4) is 11.8 Å². The molecule has 220 valence electrons. The fraction of sp³-hybridized carbons (Fsp3) is 0.100. The quantitative estimate of drug-likeness (QED) is 0.208. The lowest BCUT2D eigenvalue weighted by Crippen LogP contribution is -2.47. The molecule has 0 fully saturated rings. The standard InChI is InChI=1S/C40H29N5S/c41-24-25-14-16-27(17-15-25)39-42-38(26-8-2-1-3-9-26)43-40(44-39)28-18-20-29(21-19-28)45-34-12-6-4-10-30(34)32-23-37-33(22-35(32)45)31-11-5-7-13-36(31)46-37/h1-8,10-23,26,39-40,44H,9H2,(H,42,43). The highest BCUT2D eigenvalue weighted by Crippen LogP contribution is 2.40. The summed E-state index contributed by atoms with van der Waals surface area (Å²) in [4.78, 5) is 5.19. The van der Waals surface area contributed by atoms with Gasteiger partial charge in [-0.3, -0.25) is 5.32 Å². The molecular weight excluding hydrogens is 583 g/mol. The topological polar surface area (TPSA) is 65.1 Å². The van der Waals surface area contributed by atoms with Crippen LogP contribution in [0.4, 0.5) is 0 Å². The van der Waals surface area contributed by atoms with E-state index in [-0.39, 0.29) is 18.2 Å². The average Bonchev–Trinajstić information content (AvgIpc) is 3.65. The molecule has 5 aromatic carbocycles. The van der Waals surface area contributed by atoms with E-state index >= 15 is 0 Å². The number of hydrogen-bond acceptors (Lipinski definition) is 5. The van der Waals surface area contributed by atoms with Gasteiger partial charge in [0.2, 0.25) is 0 Å². The molecule has 3 atom stereocenters. The lowest BCUT2D eigenvalue weighted by Gasteiger charge is -2.34. The first kappa shape index (κ1) is 26.9. The number of thiophene rings is 1. The summed E-state index contributed by atoms with van der Waals surface area (Å²) in [5.74, 6) is 1.16.